The molecule has 0 aliphatic carbocycles. The van der Waals surface area contributed by atoms with E-state index in [1.54, 1.807) is 0 Å². The molecule has 0 aliphatic heterocycles. The molecule has 3 nitrogen and oxygen atoms in total. The van der Waals surface area contributed by atoms with Crippen LogP contribution in [0.4, 0.5) is 0 Å². The van der Waals surface area contributed by atoms with E-state index < -0.39 is 5.97 Å². The van der Waals surface area contributed by atoms with E-state index in [-0.39, 0.29) is 0 Å². The monoisotopic (exact) mass is 132 g/mol. The predicted octanol–water partition coefficient (Wildman–Crippen LogP) is 1.44. The van der Waals surface area contributed by atoms with Gasteiger partial charge in [0.25, 0.3) is 0 Å². The second-order valence-corrected chi connectivity index (χ2v) is 2.40. The van der Waals surface area contributed by atoms with Gasteiger partial charge in [-0.25, -0.2) is 4.79 Å². The molecule has 0 saturated carbocycles. The van der Waals surface area contributed by atoms with E-state index >= 15 is 0 Å². The van der Waals surface area contributed by atoms with Gasteiger partial charge >= 0.3 is 5.97 Å². The molecular weight excluding hydrogens is 120 g/mol. The maximum atomic E-state index is 10.2. The van der Waals surface area contributed by atoms with Crippen LogP contribution in [-0.2, 0) is 9.68 Å². The van der Waals surface area contributed by atoms with E-state index in [1.807, 2.05) is 13.8 Å². The Morgan fingerprint density at radius 2 is 2.22 bits per heavy atom. The van der Waals surface area contributed by atoms with Gasteiger partial charge in [-0.2, -0.15) is 5.26 Å². The van der Waals surface area contributed by atoms with Crippen molar-refractivity contribution in [1.82, 2.24) is 0 Å². The number of rotatable bonds is 3. The molecule has 9 heavy (non-hydrogen) atoms. The van der Waals surface area contributed by atoms with Gasteiger partial charge in [0.2, 0.25) is 0 Å². The molecule has 0 bridgehead atoms. The first-order chi connectivity index (χ1) is 4.16. The first-order valence-electron chi connectivity index (χ1n) is 3.01. The van der Waals surface area contributed by atoms with Crippen molar-refractivity contribution in [3.05, 3.63) is 0 Å². The van der Waals surface area contributed by atoms with E-state index in [2.05, 4.69) is 4.89 Å². The van der Waals surface area contributed by atoms with Gasteiger partial charge in [0, 0.05) is 6.42 Å². The van der Waals surface area contributed by atoms with Crippen molar-refractivity contribution in [3.63, 3.8) is 0 Å². The number of hydrogen-bond acceptors (Lipinski definition) is 3. The molecule has 0 aromatic carbocycles. The fourth-order valence-corrected chi connectivity index (χ4v) is 0.452. The normalized spacial score (nSPS) is 9.78. The van der Waals surface area contributed by atoms with Crippen LogP contribution < -0.4 is 0 Å². The minimum absolute atomic E-state index is 0.300. The molecule has 0 atom stereocenters. The lowest BCUT2D eigenvalue weighted by atomic mass is 10.1. The Labute approximate surface area is 54.6 Å². The van der Waals surface area contributed by atoms with E-state index in [1.165, 1.54) is 0 Å². The zero-order valence-electron chi connectivity index (χ0n) is 5.76. The highest BCUT2D eigenvalue weighted by molar-refractivity contribution is 5.68. The zero-order chi connectivity index (χ0) is 7.28. The summed E-state index contributed by atoms with van der Waals surface area (Å²) in [7, 11) is 0. The summed E-state index contributed by atoms with van der Waals surface area (Å²) in [4.78, 5) is 13.7. The largest absolute Gasteiger partial charge is 0.342 e. The highest BCUT2D eigenvalue weighted by Crippen LogP contribution is 2.03. The first kappa shape index (κ1) is 8.43. The Morgan fingerprint density at radius 1 is 1.67 bits per heavy atom. The molecule has 0 spiro atoms. The Hall–Kier alpha value is -0.570. The fourth-order valence-electron chi connectivity index (χ4n) is 0.452. The van der Waals surface area contributed by atoms with Gasteiger partial charge in [-0.1, -0.05) is 13.8 Å². The van der Waals surface area contributed by atoms with Gasteiger partial charge in [0.05, 0.1) is 0 Å². The quantitative estimate of drug-likeness (QED) is 0.467. The van der Waals surface area contributed by atoms with Crippen molar-refractivity contribution >= 4 is 5.97 Å². The molecule has 0 rings (SSSR count). The van der Waals surface area contributed by atoms with E-state index in [0.717, 1.165) is 6.42 Å². The maximum Gasteiger partial charge on any atom is 0.342 e. The molecule has 0 radical (unpaired) electrons. The zero-order valence-corrected chi connectivity index (χ0v) is 5.76. The van der Waals surface area contributed by atoms with Crippen molar-refractivity contribution in [3.8, 4) is 0 Å². The van der Waals surface area contributed by atoms with Crippen molar-refractivity contribution in [2.45, 2.75) is 26.7 Å². The third-order valence-electron chi connectivity index (χ3n) is 1.03. The van der Waals surface area contributed by atoms with Crippen LogP contribution in [0.2, 0.25) is 0 Å². The highest BCUT2D eigenvalue weighted by Gasteiger charge is 2.02. The van der Waals surface area contributed by atoms with Gasteiger partial charge in [0.15, 0.2) is 0 Å². The Kier molecular flexibility index (Phi) is 4.05. The Morgan fingerprint density at radius 3 is 2.56 bits per heavy atom. The fraction of sp³-hybridized carbons (Fsp3) is 0.833. The minimum atomic E-state index is -0.552. The van der Waals surface area contributed by atoms with Crippen LogP contribution in [0, 0.1) is 5.92 Å². The lowest BCUT2D eigenvalue weighted by molar-refractivity contribution is -0.234. The van der Waals surface area contributed by atoms with Gasteiger partial charge in [0.1, 0.15) is 0 Å². The predicted molar refractivity (Wildman–Crippen MR) is 32.8 cm³/mol. The average Bonchev–Trinajstić information content (AvgIpc) is 1.83. The SMILES string of the molecule is CC(C)CCC(=O)OO. The summed E-state index contributed by atoms with van der Waals surface area (Å²) >= 11 is 0. The van der Waals surface area contributed by atoms with Crippen molar-refractivity contribution in [1.29, 1.82) is 0 Å². The standard InChI is InChI=1S/C6H12O3/c1-5(2)3-4-6(7)9-8/h5,8H,3-4H2,1-2H3. The third kappa shape index (κ3) is 5.30. The van der Waals surface area contributed by atoms with Crippen molar-refractivity contribution in [2.24, 2.45) is 5.92 Å². The summed E-state index contributed by atoms with van der Waals surface area (Å²) in [6.45, 7) is 4.01. The Balaban J connectivity index is 3.17. The van der Waals surface area contributed by atoms with Crippen LogP contribution in [0.25, 0.3) is 0 Å². The molecule has 0 saturated heterocycles. The molecule has 1 N–H and O–H groups in total. The lowest BCUT2D eigenvalue weighted by Crippen LogP contribution is -2.01. The van der Waals surface area contributed by atoms with Crippen LogP contribution in [-0.4, -0.2) is 11.2 Å². The maximum absolute atomic E-state index is 10.2. The molecule has 0 aliphatic rings. The molecule has 0 unspecified atom stereocenters. The smallest absolute Gasteiger partial charge is 0.301 e. The molecule has 54 valence electrons. The molecule has 0 amide bonds. The summed E-state index contributed by atoms with van der Waals surface area (Å²) in [6.07, 6.45) is 1.06. The van der Waals surface area contributed by atoms with Gasteiger partial charge < -0.3 is 4.89 Å². The molecule has 0 heterocycles. The third-order valence-corrected chi connectivity index (χ3v) is 1.03. The highest BCUT2D eigenvalue weighted by atomic mass is 17.1. The van der Waals surface area contributed by atoms with Gasteiger partial charge in [-0.15, -0.1) is 0 Å². The van der Waals surface area contributed by atoms with Crippen LogP contribution in [0.1, 0.15) is 26.7 Å². The van der Waals surface area contributed by atoms with E-state index in [0.29, 0.717) is 12.3 Å². The molecular formula is C6H12O3. The molecule has 0 aromatic heterocycles. The average molecular weight is 132 g/mol. The first-order valence-corrected chi connectivity index (χ1v) is 3.01. The van der Waals surface area contributed by atoms with Crippen LogP contribution in [0.3, 0.4) is 0 Å². The lowest BCUT2D eigenvalue weighted by Gasteiger charge is -1.99. The molecule has 3 heteroatoms. The van der Waals surface area contributed by atoms with Crippen LogP contribution in [0.15, 0.2) is 0 Å². The van der Waals surface area contributed by atoms with Gasteiger partial charge in [-0.05, 0) is 12.3 Å². The van der Waals surface area contributed by atoms with Crippen molar-refractivity contribution in [2.75, 3.05) is 0 Å². The molecule has 0 fully saturated rings. The number of hydrogen-bond donors (Lipinski definition) is 1. The number of carbonyl (C=O) groups excluding carboxylic acids is 1. The molecule has 0 aromatic rings. The van der Waals surface area contributed by atoms with E-state index in [9.17, 15) is 4.79 Å². The van der Waals surface area contributed by atoms with Gasteiger partial charge in [-0.3, -0.25) is 0 Å². The summed E-state index contributed by atoms with van der Waals surface area (Å²) in [6, 6.07) is 0. The van der Waals surface area contributed by atoms with Crippen molar-refractivity contribution < 1.29 is 14.9 Å². The Bertz CT molecular complexity index is 88.3. The second-order valence-electron chi connectivity index (χ2n) is 2.40. The second kappa shape index (κ2) is 4.32. The number of carbonyl (C=O) groups is 1. The minimum Gasteiger partial charge on any atom is -0.301 e. The summed E-state index contributed by atoms with van der Waals surface area (Å²) < 4.78 is 0. The topological polar surface area (TPSA) is 46.5 Å². The van der Waals surface area contributed by atoms with E-state index in [4.69, 9.17) is 5.26 Å². The van der Waals surface area contributed by atoms with Crippen LogP contribution >= 0.6 is 0 Å². The summed E-state index contributed by atoms with van der Waals surface area (Å²) in [5.41, 5.74) is 0. The summed E-state index contributed by atoms with van der Waals surface area (Å²) in [5.74, 6) is -0.0761. The van der Waals surface area contributed by atoms with Crippen LogP contribution in [0.5, 0.6) is 0 Å². The summed E-state index contributed by atoms with van der Waals surface area (Å²) in [5, 5.41) is 7.80.